The molecule has 0 radical (unpaired) electrons. The van der Waals surface area contributed by atoms with E-state index in [2.05, 4.69) is 16.7 Å². The van der Waals surface area contributed by atoms with Gasteiger partial charge in [0.25, 0.3) is 0 Å². The number of piperidine rings is 2. The van der Waals surface area contributed by atoms with E-state index in [1.165, 1.54) is 84.0 Å². The lowest BCUT2D eigenvalue weighted by Gasteiger charge is -2.44. The third-order valence-corrected chi connectivity index (χ3v) is 5.83. The van der Waals surface area contributed by atoms with Gasteiger partial charge < -0.3 is 9.80 Å². The molecule has 2 saturated heterocycles. The Morgan fingerprint density at radius 3 is 2.00 bits per heavy atom. The smallest absolute Gasteiger partial charge is 0.0120 e. The monoisotopic (exact) mass is 264 g/mol. The zero-order valence-corrected chi connectivity index (χ0v) is 12.8. The molecule has 0 aromatic rings. The van der Waals surface area contributed by atoms with Gasteiger partial charge in [0.05, 0.1) is 0 Å². The molecule has 2 nitrogen and oxygen atoms in total. The van der Waals surface area contributed by atoms with Crippen LogP contribution in [0.5, 0.6) is 0 Å². The summed E-state index contributed by atoms with van der Waals surface area (Å²) < 4.78 is 0. The second-order valence-corrected chi connectivity index (χ2v) is 7.29. The van der Waals surface area contributed by atoms with Gasteiger partial charge in [-0.05, 0) is 70.6 Å². The third-order valence-electron chi connectivity index (χ3n) is 5.83. The average Bonchev–Trinajstić information content (AvgIpc) is 2.48. The maximum atomic E-state index is 2.83. The molecule has 0 N–H and O–H groups in total. The van der Waals surface area contributed by atoms with Gasteiger partial charge in [-0.1, -0.05) is 26.2 Å². The van der Waals surface area contributed by atoms with Gasteiger partial charge in [0.15, 0.2) is 0 Å². The molecule has 2 heterocycles. The highest BCUT2D eigenvalue weighted by molar-refractivity contribution is 4.86. The van der Waals surface area contributed by atoms with E-state index in [4.69, 9.17) is 0 Å². The van der Waals surface area contributed by atoms with Crippen molar-refractivity contribution in [2.75, 3.05) is 26.2 Å². The Bertz CT molecular complexity index is 264. The second-order valence-electron chi connectivity index (χ2n) is 7.29. The Kier molecular flexibility index (Phi) is 4.81. The van der Waals surface area contributed by atoms with Crippen LogP contribution in [0.3, 0.4) is 0 Å². The fourth-order valence-electron chi connectivity index (χ4n) is 4.63. The van der Waals surface area contributed by atoms with Crippen LogP contribution in [0.15, 0.2) is 0 Å². The van der Waals surface area contributed by atoms with Crippen molar-refractivity contribution in [3.8, 4) is 0 Å². The average molecular weight is 264 g/mol. The lowest BCUT2D eigenvalue weighted by Crippen LogP contribution is -2.50. The zero-order chi connectivity index (χ0) is 13.1. The van der Waals surface area contributed by atoms with Crippen LogP contribution in [0.4, 0.5) is 0 Å². The summed E-state index contributed by atoms with van der Waals surface area (Å²) >= 11 is 0. The molecule has 2 atom stereocenters. The minimum Gasteiger partial charge on any atom is -0.300 e. The van der Waals surface area contributed by atoms with E-state index in [9.17, 15) is 0 Å². The zero-order valence-electron chi connectivity index (χ0n) is 12.8. The summed E-state index contributed by atoms with van der Waals surface area (Å²) in [5.41, 5.74) is 0. The van der Waals surface area contributed by atoms with Gasteiger partial charge in [-0.2, -0.15) is 0 Å². The summed E-state index contributed by atoms with van der Waals surface area (Å²) in [4.78, 5) is 5.63. The summed E-state index contributed by atoms with van der Waals surface area (Å²) in [6.07, 6.45) is 13.1. The lowest BCUT2D eigenvalue weighted by molar-refractivity contribution is 0.0549. The first kappa shape index (κ1) is 13.9. The molecule has 1 aliphatic carbocycles. The molecule has 3 aliphatic rings. The van der Waals surface area contributed by atoms with Crippen molar-refractivity contribution in [1.29, 1.82) is 0 Å². The van der Waals surface area contributed by atoms with E-state index in [1.54, 1.807) is 0 Å². The van der Waals surface area contributed by atoms with Crippen molar-refractivity contribution >= 4 is 0 Å². The minimum atomic E-state index is 0.914. The Hall–Kier alpha value is -0.0800. The summed E-state index contributed by atoms with van der Waals surface area (Å²) in [7, 11) is 0. The van der Waals surface area contributed by atoms with Crippen molar-refractivity contribution in [2.24, 2.45) is 5.92 Å². The molecule has 0 aromatic heterocycles. The molecule has 0 aromatic carbocycles. The van der Waals surface area contributed by atoms with Crippen molar-refractivity contribution in [3.05, 3.63) is 0 Å². The molecule has 110 valence electrons. The number of hydrogen-bond acceptors (Lipinski definition) is 2. The standard InChI is InChI=1S/C17H32N2/c1-15-6-5-7-17(14-15)19-12-8-16(9-13-19)18-10-3-2-4-11-18/h15-17H,2-14H2,1H3/t15-,17-/m0/s1. The summed E-state index contributed by atoms with van der Waals surface area (Å²) in [6.45, 7) is 7.96. The molecule has 0 spiro atoms. The molecule has 0 amide bonds. The maximum absolute atomic E-state index is 2.83. The van der Waals surface area contributed by atoms with Crippen LogP contribution in [0.1, 0.15) is 64.7 Å². The Labute approximate surface area is 119 Å². The number of rotatable bonds is 2. The molecule has 2 heteroatoms. The van der Waals surface area contributed by atoms with Gasteiger partial charge in [-0.15, -0.1) is 0 Å². The van der Waals surface area contributed by atoms with Crippen LogP contribution in [0.25, 0.3) is 0 Å². The first-order valence-corrected chi connectivity index (χ1v) is 8.81. The molecular formula is C17H32N2. The van der Waals surface area contributed by atoms with Crippen molar-refractivity contribution in [3.63, 3.8) is 0 Å². The Balaban J connectivity index is 1.46. The number of hydrogen-bond donors (Lipinski definition) is 0. The first-order chi connectivity index (χ1) is 9.33. The Morgan fingerprint density at radius 1 is 0.632 bits per heavy atom. The number of nitrogens with zero attached hydrogens (tertiary/aromatic N) is 2. The van der Waals surface area contributed by atoms with Gasteiger partial charge in [0.1, 0.15) is 0 Å². The van der Waals surface area contributed by atoms with Crippen LogP contribution in [-0.4, -0.2) is 48.1 Å². The fourth-order valence-corrected chi connectivity index (χ4v) is 4.63. The summed E-state index contributed by atoms with van der Waals surface area (Å²) in [5, 5.41) is 0. The predicted molar refractivity (Wildman–Crippen MR) is 81.4 cm³/mol. The molecule has 19 heavy (non-hydrogen) atoms. The van der Waals surface area contributed by atoms with Crippen LogP contribution in [-0.2, 0) is 0 Å². The molecule has 3 rings (SSSR count). The van der Waals surface area contributed by atoms with Crippen molar-refractivity contribution in [2.45, 2.75) is 76.8 Å². The van der Waals surface area contributed by atoms with E-state index in [-0.39, 0.29) is 0 Å². The SMILES string of the molecule is C[C@H]1CCC[C@H](N2CCC(N3CCCCC3)CC2)C1. The van der Waals surface area contributed by atoms with E-state index in [0.29, 0.717) is 0 Å². The van der Waals surface area contributed by atoms with Gasteiger partial charge >= 0.3 is 0 Å². The highest BCUT2D eigenvalue weighted by atomic mass is 15.2. The normalized spacial score (nSPS) is 36.5. The van der Waals surface area contributed by atoms with E-state index >= 15 is 0 Å². The predicted octanol–water partition coefficient (Wildman–Crippen LogP) is 3.52. The second kappa shape index (κ2) is 6.58. The quantitative estimate of drug-likeness (QED) is 0.753. The molecule has 1 saturated carbocycles. The molecular weight excluding hydrogens is 232 g/mol. The van der Waals surface area contributed by atoms with Crippen molar-refractivity contribution < 1.29 is 0 Å². The van der Waals surface area contributed by atoms with E-state index in [0.717, 1.165) is 18.0 Å². The molecule has 0 bridgehead atoms. The van der Waals surface area contributed by atoms with Gasteiger partial charge in [0, 0.05) is 12.1 Å². The minimum absolute atomic E-state index is 0.914. The fraction of sp³-hybridized carbons (Fsp3) is 1.00. The molecule has 0 unspecified atom stereocenters. The van der Waals surface area contributed by atoms with Crippen LogP contribution >= 0.6 is 0 Å². The van der Waals surface area contributed by atoms with Gasteiger partial charge in [-0.3, -0.25) is 0 Å². The molecule has 3 fully saturated rings. The van der Waals surface area contributed by atoms with E-state index < -0.39 is 0 Å². The molecule has 2 aliphatic heterocycles. The topological polar surface area (TPSA) is 6.48 Å². The lowest BCUT2D eigenvalue weighted by atomic mass is 9.85. The van der Waals surface area contributed by atoms with Crippen LogP contribution < -0.4 is 0 Å². The maximum Gasteiger partial charge on any atom is 0.0120 e. The highest BCUT2D eigenvalue weighted by Crippen LogP contribution is 2.30. The van der Waals surface area contributed by atoms with Crippen LogP contribution in [0, 0.1) is 5.92 Å². The first-order valence-electron chi connectivity index (χ1n) is 8.81. The van der Waals surface area contributed by atoms with E-state index in [1.807, 2.05) is 0 Å². The highest BCUT2D eigenvalue weighted by Gasteiger charge is 2.30. The van der Waals surface area contributed by atoms with Gasteiger partial charge in [0.2, 0.25) is 0 Å². The Morgan fingerprint density at radius 2 is 1.32 bits per heavy atom. The van der Waals surface area contributed by atoms with Crippen LogP contribution in [0.2, 0.25) is 0 Å². The summed E-state index contributed by atoms with van der Waals surface area (Å²) in [6, 6.07) is 1.84. The number of likely N-dealkylation sites (tertiary alicyclic amines) is 2. The largest absolute Gasteiger partial charge is 0.300 e. The third kappa shape index (κ3) is 3.52. The summed E-state index contributed by atoms with van der Waals surface area (Å²) in [5.74, 6) is 0.971. The van der Waals surface area contributed by atoms with Gasteiger partial charge in [-0.25, -0.2) is 0 Å². The van der Waals surface area contributed by atoms with Crippen molar-refractivity contribution in [1.82, 2.24) is 9.80 Å².